The fraction of sp³-hybridized carbons (Fsp3) is 0.211. The smallest absolute Gasteiger partial charge is 0.278 e. The highest BCUT2D eigenvalue weighted by molar-refractivity contribution is 6.03. The van der Waals surface area contributed by atoms with Gasteiger partial charge in [0.25, 0.3) is 5.91 Å². The van der Waals surface area contributed by atoms with Gasteiger partial charge in [-0.1, -0.05) is 41.1 Å². The summed E-state index contributed by atoms with van der Waals surface area (Å²) in [6, 6.07) is 17.6. The van der Waals surface area contributed by atoms with Crippen molar-refractivity contribution in [2.45, 2.75) is 25.7 Å². The third-order valence-corrected chi connectivity index (χ3v) is 4.19. The van der Waals surface area contributed by atoms with Gasteiger partial charge in [0.1, 0.15) is 0 Å². The van der Waals surface area contributed by atoms with Crippen LogP contribution in [0.25, 0.3) is 5.69 Å². The van der Waals surface area contributed by atoms with E-state index in [1.165, 1.54) is 0 Å². The van der Waals surface area contributed by atoms with Gasteiger partial charge in [0, 0.05) is 11.6 Å². The van der Waals surface area contributed by atoms with E-state index in [0.29, 0.717) is 11.6 Å². The van der Waals surface area contributed by atoms with Gasteiger partial charge in [-0.15, -0.1) is 5.10 Å². The van der Waals surface area contributed by atoms with Crippen LogP contribution in [-0.4, -0.2) is 20.9 Å². The van der Waals surface area contributed by atoms with Gasteiger partial charge in [-0.05, 0) is 44.0 Å². The quantitative estimate of drug-likeness (QED) is 0.798. The molecule has 1 fully saturated rings. The van der Waals surface area contributed by atoms with Crippen LogP contribution in [0.1, 0.15) is 40.5 Å². The van der Waals surface area contributed by atoms with Crippen molar-refractivity contribution in [3.05, 3.63) is 71.5 Å². The predicted octanol–water partition coefficient (Wildman–Crippen LogP) is 3.71. The monoisotopic (exact) mass is 318 g/mol. The minimum absolute atomic E-state index is 0.206. The van der Waals surface area contributed by atoms with Crippen molar-refractivity contribution in [1.82, 2.24) is 15.0 Å². The van der Waals surface area contributed by atoms with Crippen molar-refractivity contribution >= 4 is 11.6 Å². The van der Waals surface area contributed by atoms with Gasteiger partial charge in [0.05, 0.1) is 11.4 Å². The molecule has 1 heterocycles. The SMILES string of the molecule is Cc1ccc(NC(=O)c2nnn(-c3ccccc3)c2C2CC2)cc1. The van der Waals surface area contributed by atoms with E-state index in [9.17, 15) is 4.79 Å². The molecule has 0 unspecified atom stereocenters. The fourth-order valence-corrected chi connectivity index (χ4v) is 2.76. The molecule has 1 amide bonds. The van der Waals surface area contributed by atoms with Crippen molar-refractivity contribution in [2.75, 3.05) is 5.32 Å². The van der Waals surface area contributed by atoms with Gasteiger partial charge in [0.15, 0.2) is 5.69 Å². The van der Waals surface area contributed by atoms with Gasteiger partial charge in [-0.3, -0.25) is 4.79 Å². The average Bonchev–Trinajstić information content (AvgIpc) is 3.35. The number of aryl methyl sites for hydroxylation is 1. The van der Waals surface area contributed by atoms with E-state index in [-0.39, 0.29) is 5.91 Å². The number of amides is 1. The van der Waals surface area contributed by atoms with Gasteiger partial charge in [-0.2, -0.15) is 0 Å². The van der Waals surface area contributed by atoms with Gasteiger partial charge in [0.2, 0.25) is 0 Å². The topological polar surface area (TPSA) is 59.8 Å². The van der Waals surface area contributed by atoms with Crippen molar-refractivity contribution in [1.29, 1.82) is 0 Å². The summed E-state index contributed by atoms with van der Waals surface area (Å²) in [5.74, 6) is 0.155. The highest BCUT2D eigenvalue weighted by atomic mass is 16.2. The Labute approximate surface area is 140 Å². The standard InChI is InChI=1S/C19H18N4O/c1-13-7-11-15(12-8-13)20-19(24)17-18(14-9-10-14)23(22-21-17)16-5-3-2-4-6-16/h2-8,11-12,14H,9-10H2,1H3,(H,20,24). The number of nitrogens with one attached hydrogen (secondary N) is 1. The minimum atomic E-state index is -0.206. The zero-order chi connectivity index (χ0) is 16.5. The zero-order valence-electron chi connectivity index (χ0n) is 13.4. The summed E-state index contributed by atoms with van der Waals surface area (Å²) in [6.07, 6.45) is 2.15. The first kappa shape index (κ1) is 14.6. The molecule has 3 aromatic rings. The molecule has 2 aromatic carbocycles. The molecule has 1 N–H and O–H groups in total. The lowest BCUT2D eigenvalue weighted by atomic mass is 10.2. The molecule has 0 aliphatic heterocycles. The van der Waals surface area contributed by atoms with E-state index < -0.39 is 0 Å². The Morgan fingerprint density at radius 3 is 2.46 bits per heavy atom. The number of carbonyl (C=O) groups is 1. The lowest BCUT2D eigenvalue weighted by Gasteiger charge is -2.08. The molecule has 1 aliphatic rings. The molecule has 5 heteroatoms. The summed E-state index contributed by atoms with van der Waals surface area (Å²) in [4.78, 5) is 12.7. The molecule has 0 bridgehead atoms. The highest BCUT2D eigenvalue weighted by Gasteiger charge is 2.34. The van der Waals surface area contributed by atoms with Crippen molar-refractivity contribution in [3.8, 4) is 5.69 Å². The summed E-state index contributed by atoms with van der Waals surface area (Å²) in [5, 5.41) is 11.3. The van der Waals surface area contributed by atoms with E-state index in [1.807, 2.05) is 61.5 Å². The second-order valence-corrected chi connectivity index (χ2v) is 6.17. The number of aromatic nitrogens is 3. The lowest BCUT2D eigenvalue weighted by molar-refractivity contribution is 0.102. The second-order valence-electron chi connectivity index (χ2n) is 6.17. The molecule has 1 aromatic heterocycles. The largest absolute Gasteiger partial charge is 0.321 e. The van der Waals surface area contributed by atoms with E-state index in [2.05, 4.69) is 15.6 Å². The van der Waals surface area contributed by atoms with Crippen molar-refractivity contribution < 1.29 is 4.79 Å². The second kappa shape index (κ2) is 5.92. The maximum absolute atomic E-state index is 12.7. The molecule has 1 saturated carbocycles. The summed E-state index contributed by atoms with van der Waals surface area (Å²) in [7, 11) is 0. The number of benzene rings is 2. The number of anilines is 1. The number of para-hydroxylation sites is 1. The van der Waals surface area contributed by atoms with E-state index in [1.54, 1.807) is 4.68 Å². The Kier molecular flexibility index (Phi) is 3.61. The first-order valence-corrected chi connectivity index (χ1v) is 8.11. The molecule has 5 nitrogen and oxygen atoms in total. The fourth-order valence-electron chi connectivity index (χ4n) is 2.76. The summed E-state index contributed by atoms with van der Waals surface area (Å²) in [5.41, 5.74) is 4.18. The molecular formula is C19H18N4O. The Hall–Kier alpha value is -2.95. The van der Waals surface area contributed by atoms with Crippen LogP contribution < -0.4 is 5.32 Å². The molecular weight excluding hydrogens is 300 g/mol. The number of carbonyl (C=O) groups excluding carboxylic acids is 1. The van der Waals surface area contributed by atoms with Gasteiger partial charge >= 0.3 is 0 Å². The van der Waals surface area contributed by atoms with E-state index in [0.717, 1.165) is 35.5 Å². The van der Waals surface area contributed by atoms with Crippen molar-refractivity contribution in [2.24, 2.45) is 0 Å². The molecule has 0 radical (unpaired) electrons. The van der Waals surface area contributed by atoms with Crippen LogP contribution in [0.4, 0.5) is 5.69 Å². The number of hydrogen-bond donors (Lipinski definition) is 1. The van der Waals surface area contributed by atoms with E-state index >= 15 is 0 Å². The molecule has 0 saturated heterocycles. The first-order valence-electron chi connectivity index (χ1n) is 8.11. The summed E-state index contributed by atoms with van der Waals surface area (Å²) in [6.45, 7) is 2.02. The number of hydrogen-bond acceptors (Lipinski definition) is 3. The molecule has 1 aliphatic carbocycles. The normalized spacial score (nSPS) is 13.7. The van der Waals surface area contributed by atoms with E-state index in [4.69, 9.17) is 0 Å². The molecule has 120 valence electrons. The van der Waals surface area contributed by atoms with Crippen LogP contribution in [0, 0.1) is 6.92 Å². The van der Waals surface area contributed by atoms with Crippen LogP contribution >= 0.6 is 0 Å². The van der Waals surface area contributed by atoms with Crippen LogP contribution in [0.2, 0.25) is 0 Å². The predicted molar refractivity (Wildman–Crippen MR) is 92.5 cm³/mol. The first-order chi connectivity index (χ1) is 11.7. The maximum atomic E-state index is 12.7. The molecule has 0 spiro atoms. The number of nitrogens with zero attached hydrogens (tertiary/aromatic N) is 3. The van der Waals surface area contributed by atoms with Crippen molar-refractivity contribution in [3.63, 3.8) is 0 Å². The van der Waals surface area contributed by atoms with Crippen LogP contribution in [0.15, 0.2) is 54.6 Å². The third kappa shape index (κ3) is 2.80. The molecule has 0 atom stereocenters. The van der Waals surface area contributed by atoms with Gasteiger partial charge < -0.3 is 5.32 Å². The molecule has 24 heavy (non-hydrogen) atoms. The van der Waals surface area contributed by atoms with Crippen LogP contribution in [-0.2, 0) is 0 Å². The Bertz CT molecular complexity index is 864. The Balaban J connectivity index is 1.67. The lowest BCUT2D eigenvalue weighted by Crippen LogP contribution is -2.15. The highest BCUT2D eigenvalue weighted by Crippen LogP contribution is 2.42. The third-order valence-electron chi connectivity index (χ3n) is 4.19. The van der Waals surface area contributed by atoms with Crippen LogP contribution in [0.3, 0.4) is 0 Å². The summed E-state index contributed by atoms with van der Waals surface area (Å²) >= 11 is 0. The molecule has 4 rings (SSSR count). The minimum Gasteiger partial charge on any atom is -0.321 e. The van der Waals surface area contributed by atoms with Crippen LogP contribution in [0.5, 0.6) is 0 Å². The average molecular weight is 318 g/mol. The number of rotatable bonds is 4. The maximum Gasteiger partial charge on any atom is 0.278 e. The Morgan fingerprint density at radius 1 is 1.08 bits per heavy atom. The van der Waals surface area contributed by atoms with Gasteiger partial charge in [-0.25, -0.2) is 4.68 Å². The summed E-state index contributed by atoms with van der Waals surface area (Å²) < 4.78 is 1.79. The Morgan fingerprint density at radius 2 is 1.79 bits per heavy atom. The zero-order valence-corrected chi connectivity index (χ0v) is 13.4.